The standard InChI is InChI=1S/C47H31N3/c1-2-13-33(14-3-1)47-48-41(32-27-25-31(26-28-32)36-21-12-16-35-29-34-15-4-5-17-37(34)46(35)36)30-42(49-47)40-20-8-11-24-45(40)50-43-22-9-6-18-38(43)39-19-7-10-23-44(39)50/h1-28,30H,29H2. The van der Waals surface area contributed by atoms with Gasteiger partial charge in [-0.25, -0.2) is 9.97 Å². The summed E-state index contributed by atoms with van der Waals surface area (Å²) in [7, 11) is 0. The van der Waals surface area contributed by atoms with Crippen LogP contribution in [0.2, 0.25) is 0 Å². The van der Waals surface area contributed by atoms with Crippen LogP contribution in [0.4, 0.5) is 0 Å². The van der Waals surface area contributed by atoms with Gasteiger partial charge in [-0.2, -0.15) is 0 Å². The van der Waals surface area contributed by atoms with Crippen LogP contribution in [0.15, 0.2) is 176 Å². The SMILES string of the molecule is c1ccc(-c2nc(-c3ccc(-c4cccc5c4-c4ccccc4C5)cc3)cc(-c3ccccc3-n3c4ccccc4c4ccccc43)n2)cc1. The van der Waals surface area contributed by atoms with Crippen molar-refractivity contribution in [1.29, 1.82) is 0 Å². The van der Waals surface area contributed by atoms with E-state index in [0.29, 0.717) is 5.82 Å². The summed E-state index contributed by atoms with van der Waals surface area (Å²) in [5.41, 5.74) is 16.3. The molecule has 3 heteroatoms. The fraction of sp³-hybridized carbons (Fsp3) is 0.0213. The van der Waals surface area contributed by atoms with Gasteiger partial charge in [0.15, 0.2) is 5.82 Å². The third-order valence-corrected chi connectivity index (χ3v) is 10.1. The van der Waals surface area contributed by atoms with E-state index in [4.69, 9.17) is 9.97 Å². The van der Waals surface area contributed by atoms with Crippen LogP contribution in [0.3, 0.4) is 0 Å². The number of hydrogen-bond donors (Lipinski definition) is 0. The molecule has 0 N–H and O–H groups in total. The molecule has 2 aromatic heterocycles. The molecule has 1 aliphatic rings. The zero-order valence-corrected chi connectivity index (χ0v) is 27.3. The molecule has 3 nitrogen and oxygen atoms in total. The Morgan fingerprint density at radius 3 is 1.76 bits per heavy atom. The molecule has 0 spiro atoms. The van der Waals surface area contributed by atoms with Crippen molar-refractivity contribution in [3.05, 3.63) is 187 Å². The molecule has 50 heavy (non-hydrogen) atoms. The minimum atomic E-state index is 0.705. The van der Waals surface area contributed by atoms with Crippen LogP contribution in [0.25, 0.3) is 83.6 Å². The highest BCUT2D eigenvalue weighted by molar-refractivity contribution is 6.09. The normalized spacial score (nSPS) is 11.9. The second kappa shape index (κ2) is 11.5. The Bertz CT molecular complexity index is 2670. The fourth-order valence-corrected chi connectivity index (χ4v) is 7.77. The van der Waals surface area contributed by atoms with Gasteiger partial charge in [-0.05, 0) is 64.1 Å². The number of fused-ring (bicyclic) bond motifs is 6. The number of nitrogens with zero attached hydrogens (tertiary/aromatic N) is 3. The Morgan fingerprint density at radius 2 is 0.980 bits per heavy atom. The predicted molar refractivity (Wildman–Crippen MR) is 206 cm³/mol. The van der Waals surface area contributed by atoms with Gasteiger partial charge in [0.05, 0.1) is 28.1 Å². The molecule has 7 aromatic carbocycles. The van der Waals surface area contributed by atoms with E-state index < -0.39 is 0 Å². The maximum absolute atomic E-state index is 5.23. The summed E-state index contributed by atoms with van der Waals surface area (Å²) in [4.78, 5) is 10.4. The molecule has 9 aromatic rings. The number of para-hydroxylation sites is 3. The first-order valence-electron chi connectivity index (χ1n) is 17.1. The number of aromatic nitrogens is 3. The predicted octanol–water partition coefficient (Wildman–Crippen LogP) is 11.8. The van der Waals surface area contributed by atoms with E-state index in [1.165, 1.54) is 55.2 Å². The van der Waals surface area contributed by atoms with Crippen molar-refractivity contribution in [3.8, 4) is 61.8 Å². The van der Waals surface area contributed by atoms with E-state index in [9.17, 15) is 0 Å². The topological polar surface area (TPSA) is 30.7 Å². The Hall–Kier alpha value is -6.58. The van der Waals surface area contributed by atoms with Gasteiger partial charge in [-0.15, -0.1) is 0 Å². The minimum absolute atomic E-state index is 0.705. The smallest absolute Gasteiger partial charge is 0.160 e. The van der Waals surface area contributed by atoms with E-state index >= 15 is 0 Å². The van der Waals surface area contributed by atoms with Crippen LogP contribution < -0.4 is 0 Å². The maximum Gasteiger partial charge on any atom is 0.160 e. The molecule has 0 atom stereocenters. The molecular weight excluding hydrogens is 607 g/mol. The van der Waals surface area contributed by atoms with Crippen LogP contribution >= 0.6 is 0 Å². The molecule has 10 rings (SSSR count). The Balaban J connectivity index is 1.13. The molecule has 0 amide bonds. The van der Waals surface area contributed by atoms with E-state index in [2.05, 4.69) is 162 Å². The summed E-state index contributed by atoms with van der Waals surface area (Å²) in [6.07, 6.45) is 0.986. The molecule has 0 aliphatic heterocycles. The van der Waals surface area contributed by atoms with Crippen molar-refractivity contribution in [2.75, 3.05) is 0 Å². The lowest BCUT2D eigenvalue weighted by atomic mass is 9.93. The van der Waals surface area contributed by atoms with Gasteiger partial charge in [-0.1, -0.05) is 152 Å². The summed E-state index contributed by atoms with van der Waals surface area (Å²) in [6.45, 7) is 0. The summed E-state index contributed by atoms with van der Waals surface area (Å²) in [5, 5.41) is 2.47. The highest BCUT2D eigenvalue weighted by Crippen LogP contribution is 2.43. The Labute approximate surface area is 290 Å². The highest BCUT2D eigenvalue weighted by Gasteiger charge is 2.22. The molecule has 2 heterocycles. The summed E-state index contributed by atoms with van der Waals surface area (Å²) >= 11 is 0. The third kappa shape index (κ3) is 4.59. The summed E-state index contributed by atoms with van der Waals surface area (Å²) in [5.74, 6) is 0.705. The average Bonchev–Trinajstić information content (AvgIpc) is 3.74. The van der Waals surface area contributed by atoms with Crippen molar-refractivity contribution in [3.63, 3.8) is 0 Å². The number of hydrogen-bond acceptors (Lipinski definition) is 2. The molecule has 234 valence electrons. The van der Waals surface area contributed by atoms with E-state index in [-0.39, 0.29) is 0 Å². The Morgan fingerprint density at radius 1 is 0.400 bits per heavy atom. The fourth-order valence-electron chi connectivity index (χ4n) is 7.77. The lowest BCUT2D eigenvalue weighted by Crippen LogP contribution is -2.00. The first-order valence-corrected chi connectivity index (χ1v) is 17.1. The molecule has 1 aliphatic carbocycles. The van der Waals surface area contributed by atoms with Gasteiger partial charge in [0.25, 0.3) is 0 Å². The Kier molecular flexibility index (Phi) is 6.56. The van der Waals surface area contributed by atoms with Crippen LogP contribution in [0, 0.1) is 0 Å². The van der Waals surface area contributed by atoms with Gasteiger partial charge in [-0.3, -0.25) is 0 Å². The first-order chi connectivity index (χ1) is 24.8. The molecule has 0 bridgehead atoms. The van der Waals surface area contributed by atoms with Crippen LogP contribution in [0.1, 0.15) is 11.1 Å². The average molecular weight is 638 g/mol. The number of benzene rings is 7. The maximum atomic E-state index is 5.23. The van der Waals surface area contributed by atoms with E-state index in [1.54, 1.807) is 0 Å². The first kappa shape index (κ1) is 28.4. The van der Waals surface area contributed by atoms with Crippen molar-refractivity contribution >= 4 is 21.8 Å². The molecule has 0 saturated heterocycles. The molecule has 0 saturated carbocycles. The second-order valence-corrected chi connectivity index (χ2v) is 13.0. The van der Waals surface area contributed by atoms with Crippen LogP contribution in [0.5, 0.6) is 0 Å². The lowest BCUT2D eigenvalue weighted by Gasteiger charge is -2.15. The van der Waals surface area contributed by atoms with E-state index in [1.807, 2.05) is 18.2 Å². The highest BCUT2D eigenvalue weighted by atomic mass is 15.0. The van der Waals surface area contributed by atoms with Crippen molar-refractivity contribution in [2.45, 2.75) is 6.42 Å². The number of rotatable bonds is 5. The quantitative estimate of drug-likeness (QED) is 0.188. The van der Waals surface area contributed by atoms with Crippen molar-refractivity contribution in [2.24, 2.45) is 0 Å². The van der Waals surface area contributed by atoms with Crippen molar-refractivity contribution < 1.29 is 0 Å². The van der Waals surface area contributed by atoms with Gasteiger partial charge in [0.1, 0.15) is 0 Å². The second-order valence-electron chi connectivity index (χ2n) is 13.0. The van der Waals surface area contributed by atoms with Gasteiger partial charge in [0.2, 0.25) is 0 Å². The molecule has 0 fully saturated rings. The molecular formula is C47H31N3. The largest absolute Gasteiger partial charge is 0.309 e. The van der Waals surface area contributed by atoms with Gasteiger partial charge < -0.3 is 4.57 Å². The monoisotopic (exact) mass is 637 g/mol. The van der Waals surface area contributed by atoms with Gasteiger partial charge >= 0.3 is 0 Å². The summed E-state index contributed by atoms with van der Waals surface area (Å²) < 4.78 is 2.37. The van der Waals surface area contributed by atoms with Crippen molar-refractivity contribution in [1.82, 2.24) is 14.5 Å². The lowest BCUT2D eigenvalue weighted by molar-refractivity contribution is 1.15. The van der Waals surface area contributed by atoms with E-state index in [0.717, 1.165) is 40.2 Å². The zero-order valence-electron chi connectivity index (χ0n) is 27.3. The molecule has 0 unspecified atom stereocenters. The third-order valence-electron chi connectivity index (χ3n) is 10.1. The minimum Gasteiger partial charge on any atom is -0.309 e. The zero-order chi connectivity index (χ0) is 33.0. The van der Waals surface area contributed by atoms with Gasteiger partial charge in [0, 0.05) is 27.5 Å². The van der Waals surface area contributed by atoms with Crippen LogP contribution in [-0.4, -0.2) is 14.5 Å². The molecule has 0 radical (unpaired) electrons. The van der Waals surface area contributed by atoms with Crippen LogP contribution in [-0.2, 0) is 6.42 Å². The summed E-state index contributed by atoms with van der Waals surface area (Å²) in [6, 6.07) is 62.7.